The number of rotatable bonds is 8. The van der Waals surface area contributed by atoms with Crippen molar-refractivity contribution in [1.29, 1.82) is 0 Å². The molecule has 0 fully saturated rings. The standard InChI is InChI=1S/C37H31FN4O7S/c1-19-33(20(2)49-41-19)23-10-14-31-28(16-23)40-37(48-31)27-15-22(9-13-30(27)46-5)25-17-26-32(18-29(25)42(4)50(6,44)45)47-35(34(26)36(43)39-3)21-7-11-24(38)12-8-21/h7-18H,1-6H3,(H,39,43). The van der Waals surface area contributed by atoms with Crippen molar-refractivity contribution >= 4 is 43.7 Å². The zero-order valence-electron chi connectivity index (χ0n) is 27.9. The fourth-order valence-electron chi connectivity index (χ4n) is 6.09. The highest BCUT2D eigenvalue weighted by Gasteiger charge is 2.27. The number of ether oxygens (including phenoxy) is 1. The number of nitrogens with zero attached hydrogens (tertiary/aromatic N) is 3. The quantitative estimate of drug-likeness (QED) is 0.169. The van der Waals surface area contributed by atoms with Gasteiger partial charge in [0.2, 0.25) is 15.9 Å². The number of carbonyl (C=O) groups is 1. The molecule has 0 spiro atoms. The molecule has 0 saturated carbocycles. The number of sulfonamides is 1. The Morgan fingerprint density at radius 1 is 0.900 bits per heavy atom. The first kappa shape index (κ1) is 32.6. The number of amides is 1. The average molecular weight is 695 g/mol. The van der Waals surface area contributed by atoms with Crippen LogP contribution in [0, 0.1) is 19.7 Å². The molecule has 3 aromatic heterocycles. The Hall–Kier alpha value is -5.95. The molecule has 3 heterocycles. The number of aryl methyl sites for hydroxylation is 2. The van der Waals surface area contributed by atoms with E-state index in [4.69, 9.17) is 23.1 Å². The molecule has 1 amide bonds. The maximum Gasteiger partial charge on any atom is 0.255 e. The summed E-state index contributed by atoms with van der Waals surface area (Å²) in [6.45, 7) is 3.72. The minimum Gasteiger partial charge on any atom is -0.496 e. The van der Waals surface area contributed by atoms with E-state index in [9.17, 15) is 17.6 Å². The van der Waals surface area contributed by atoms with Crippen molar-refractivity contribution in [2.75, 3.05) is 31.8 Å². The minimum absolute atomic E-state index is 0.210. The lowest BCUT2D eigenvalue weighted by molar-refractivity contribution is 0.0964. The van der Waals surface area contributed by atoms with E-state index in [1.54, 1.807) is 30.3 Å². The largest absolute Gasteiger partial charge is 0.496 e. The molecule has 4 aromatic carbocycles. The van der Waals surface area contributed by atoms with E-state index >= 15 is 0 Å². The maximum atomic E-state index is 13.8. The van der Waals surface area contributed by atoms with Crippen LogP contribution in [0.4, 0.5) is 10.1 Å². The van der Waals surface area contributed by atoms with Crippen LogP contribution in [0.15, 0.2) is 86.2 Å². The van der Waals surface area contributed by atoms with E-state index in [0.29, 0.717) is 55.9 Å². The highest BCUT2D eigenvalue weighted by atomic mass is 32.2. The summed E-state index contributed by atoms with van der Waals surface area (Å²) < 4.78 is 64.3. The van der Waals surface area contributed by atoms with Crippen LogP contribution in [0.5, 0.6) is 5.75 Å². The number of halogens is 1. The molecule has 0 aliphatic rings. The average Bonchev–Trinajstić information content (AvgIpc) is 3.80. The third-order valence-electron chi connectivity index (χ3n) is 8.65. The van der Waals surface area contributed by atoms with Crippen LogP contribution in [-0.4, -0.2) is 51.9 Å². The molecule has 0 saturated heterocycles. The molecule has 13 heteroatoms. The number of hydrogen-bond acceptors (Lipinski definition) is 9. The minimum atomic E-state index is -3.75. The Bertz CT molecular complexity index is 2550. The predicted molar refractivity (Wildman–Crippen MR) is 188 cm³/mol. The number of nitrogens with one attached hydrogen (secondary N) is 1. The number of fused-ring (bicyclic) bond motifs is 2. The predicted octanol–water partition coefficient (Wildman–Crippen LogP) is 7.75. The summed E-state index contributed by atoms with van der Waals surface area (Å²) in [6, 6.07) is 19.8. The number of anilines is 1. The smallest absolute Gasteiger partial charge is 0.255 e. The summed E-state index contributed by atoms with van der Waals surface area (Å²) in [5.74, 6) is 0.771. The van der Waals surface area contributed by atoms with Crippen LogP contribution in [0.2, 0.25) is 0 Å². The van der Waals surface area contributed by atoms with Gasteiger partial charge in [0.1, 0.15) is 34.2 Å². The number of aromatic nitrogens is 2. The summed E-state index contributed by atoms with van der Waals surface area (Å²) in [4.78, 5) is 18.1. The molecule has 0 aliphatic carbocycles. The second-order valence-electron chi connectivity index (χ2n) is 11.8. The molecule has 0 aliphatic heterocycles. The molecule has 50 heavy (non-hydrogen) atoms. The Kier molecular flexibility index (Phi) is 7.94. The van der Waals surface area contributed by atoms with Crippen molar-refractivity contribution < 1.29 is 35.7 Å². The zero-order valence-corrected chi connectivity index (χ0v) is 28.7. The monoisotopic (exact) mass is 694 g/mol. The fourth-order valence-corrected chi connectivity index (χ4v) is 6.60. The molecule has 0 unspecified atom stereocenters. The first-order valence-electron chi connectivity index (χ1n) is 15.4. The van der Waals surface area contributed by atoms with Crippen molar-refractivity contribution in [2.45, 2.75) is 13.8 Å². The van der Waals surface area contributed by atoms with Gasteiger partial charge in [-0.3, -0.25) is 9.10 Å². The first-order valence-corrected chi connectivity index (χ1v) is 17.3. The lowest BCUT2D eigenvalue weighted by Gasteiger charge is -2.21. The molecular formula is C37H31FN4O7S. The maximum absolute atomic E-state index is 13.8. The normalized spacial score (nSPS) is 11.7. The summed E-state index contributed by atoms with van der Waals surface area (Å²) in [5, 5.41) is 7.14. The molecule has 254 valence electrons. The second kappa shape index (κ2) is 12.2. The summed E-state index contributed by atoms with van der Waals surface area (Å²) >= 11 is 0. The van der Waals surface area contributed by atoms with Crippen LogP contribution in [-0.2, 0) is 10.0 Å². The molecule has 1 N–H and O–H groups in total. The molecule has 7 aromatic rings. The van der Waals surface area contributed by atoms with Gasteiger partial charge in [-0.25, -0.2) is 17.8 Å². The van der Waals surface area contributed by atoms with Crippen LogP contribution >= 0.6 is 0 Å². The molecule has 0 atom stereocenters. The van der Waals surface area contributed by atoms with E-state index in [-0.39, 0.29) is 22.8 Å². The van der Waals surface area contributed by atoms with Gasteiger partial charge in [0, 0.05) is 42.2 Å². The van der Waals surface area contributed by atoms with E-state index in [2.05, 4.69) is 10.5 Å². The van der Waals surface area contributed by atoms with Gasteiger partial charge in [-0.1, -0.05) is 17.3 Å². The Morgan fingerprint density at radius 3 is 2.28 bits per heavy atom. The van der Waals surface area contributed by atoms with Crippen molar-refractivity contribution in [2.24, 2.45) is 0 Å². The van der Waals surface area contributed by atoms with Crippen LogP contribution < -0.4 is 14.4 Å². The Morgan fingerprint density at radius 2 is 1.62 bits per heavy atom. The van der Waals surface area contributed by atoms with E-state index in [1.165, 1.54) is 45.5 Å². The van der Waals surface area contributed by atoms with Crippen molar-refractivity contribution in [3.05, 3.63) is 95.6 Å². The number of oxazole rings is 1. The number of furan rings is 1. The van der Waals surface area contributed by atoms with E-state index < -0.39 is 21.7 Å². The Balaban J connectivity index is 1.44. The van der Waals surface area contributed by atoms with Crippen molar-refractivity contribution in [3.63, 3.8) is 0 Å². The summed E-state index contributed by atoms with van der Waals surface area (Å²) in [7, 11) is 0.709. The van der Waals surface area contributed by atoms with Gasteiger partial charge >= 0.3 is 0 Å². The first-order chi connectivity index (χ1) is 23.9. The second-order valence-corrected chi connectivity index (χ2v) is 13.8. The topological polar surface area (TPSA) is 141 Å². The summed E-state index contributed by atoms with van der Waals surface area (Å²) in [6.07, 6.45) is 1.09. The van der Waals surface area contributed by atoms with Gasteiger partial charge in [0.25, 0.3) is 5.91 Å². The number of hydrogen-bond donors (Lipinski definition) is 1. The number of benzene rings is 4. The highest BCUT2D eigenvalue weighted by molar-refractivity contribution is 7.92. The number of methoxy groups -OCH3 is 1. The SMILES string of the molecule is CNC(=O)c1c(-c2ccc(F)cc2)oc2cc(N(C)S(C)(=O)=O)c(-c3ccc(OC)c(-c4nc5cc(-c6c(C)noc6C)ccc5o4)c3)cc12. The van der Waals surface area contributed by atoms with Gasteiger partial charge in [0.15, 0.2) is 5.58 Å². The number of carbonyl (C=O) groups excluding carboxylic acids is 1. The Labute approximate surface area is 286 Å². The van der Waals surface area contributed by atoms with E-state index in [0.717, 1.165) is 27.4 Å². The molecule has 11 nitrogen and oxygen atoms in total. The summed E-state index contributed by atoms with van der Waals surface area (Å²) in [5.41, 5.74) is 6.48. The fraction of sp³-hybridized carbons (Fsp3) is 0.162. The van der Waals surface area contributed by atoms with E-state index in [1.807, 2.05) is 32.0 Å². The van der Waals surface area contributed by atoms with Crippen LogP contribution in [0.3, 0.4) is 0 Å². The van der Waals surface area contributed by atoms with Crippen molar-refractivity contribution in [1.82, 2.24) is 15.5 Å². The molecular weight excluding hydrogens is 663 g/mol. The van der Waals surface area contributed by atoms with Gasteiger partial charge in [-0.2, -0.15) is 0 Å². The lowest BCUT2D eigenvalue weighted by Crippen LogP contribution is -2.25. The van der Waals surface area contributed by atoms with Gasteiger partial charge in [-0.05, 0) is 79.6 Å². The van der Waals surface area contributed by atoms with Gasteiger partial charge in [-0.15, -0.1) is 0 Å². The highest BCUT2D eigenvalue weighted by Crippen LogP contribution is 2.44. The molecule has 0 bridgehead atoms. The lowest BCUT2D eigenvalue weighted by atomic mass is 9.97. The van der Waals surface area contributed by atoms with Gasteiger partial charge < -0.3 is 23.4 Å². The third-order valence-corrected chi connectivity index (χ3v) is 9.85. The molecule has 0 radical (unpaired) electrons. The van der Waals surface area contributed by atoms with Crippen LogP contribution in [0.1, 0.15) is 21.8 Å². The van der Waals surface area contributed by atoms with Gasteiger partial charge in [0.05, 0.1) is 35.9 Å². The van der Waals surface area contributed by atoms with Crippen molar-refractivity contribution in [3.8, 4) is 50.8 Å². The third kappa shape index (κ3) is 5.54. The zero-order chi connectivity index (χ0) is 35.5. The van der Waals surface area contributed by atoms with Crippen LogP contribution in [0.25, 0.3) is 67.1 Å². The molecule has 7 rings (SSSR count).